The number of nitrogens with one attached hydrogen (secondary N) is 1. The summed E-state index contributed by atoms with van der Waals surface area (Å²) in [5.41, 5.74) is -0.303. The molecule has 0 aliphatic carbocycles. The van der Waals surface area contributed by atoms with Crippen molar-refractivity contribution in [1.29, 1.82) is 0 Å². The molecule has 2 aromatic heterocycles. The van der Waals surface area contributed by atoms with Gasteiger partial charge in [-0.1, -0.05) is 20.8 Å². The molecule has 108 valence electrons. The summed E-state index contributed by atoms with van der Waals surface area (Å²) in [4.78, 5) is 23.8. The van der Waals surface area contributed by atoms with E-state index in [-0.39, 0.29) is 17.7 Å². The molecule has 2 heterocycles. The lowest BCUT2D eigenvalue weighted by atomic mass is 9.84. The van der Waals surface area contributed by atoms with Crippen molar-refractivity contribution in [2.24, 2.45) is 5.41 Å². The highest BCUT2D eigenvalue weighted by molar-refractivity contribution is 7.27. The number of amides is 1. The van der Waals surface area contributed by atoms with Crippen molar-refractivity contribution in [3.05, 3.63) is 22.4 Å². The monoisotopic (exact) mass is 311 g/mol. The molecule has 6 heteroatoms. The second kappa shape index (κ2) is 5.54. The van der Waals surface area contributed by atoms with Gasteiger partial charge in [0.2, 0.25) is 0 Å². The summed E-state index contributed by atoms with van der Waals surface area (Å²) >= 11 is 3.03. The second-order valence-electron chi connectivity index (χ2n) is 5.75. The molecule has 2 aromatic rings. The number of carboxylic acid groups (broad SMARTS) is 1. The van der Waals surface area contributed by atoms with Crippen LogP contribution in [0.15, 0.2) is 17.5 Å². The average molecular weight is 311 g/mol. The minimum absolute atomic E-state index is 0.0744. The first kappa shape index (κ1) is 15.0. The Kier molecular flexibility index (Phi) is 4.15. The highest BCUT2D eigenvalue weighted by Gasteiger charge is 2.29. The first-order valence-corrected chi connectivity index (χ1v) is 7.96. The normalized spacial score (nSPS) is 13.3. The number of carboxylic acids is 1. The zero-order valence-electron chi connectivity index (χ0n) is 11.6. The van der Waals surface area contributed by atoms with Crippen LogP contribution < -0.4 is 5.32 Å². The van der Waals surface area contributed by atoms with Gasteiger partial charge < -0.3 is 10.4 Å². The Hall–Kier alpha value is -1.40. The third-order valence-corrected chi connectivity index (χ3v) is 5.18. The maximum atomic E-state index is 12.3. The molecule has 0 bridgehead atoms. The Balaban J connectivity index is 2.15. The molecule has 1 atom stereocenters. The van der Waals surface area contributed by atoms with Crippen molar-refractivity contribution in [2.75, 3.05) is 0 Å². The summed E-state index contributed by atoms with van der Waals surface area (Å²) in [6, 6.07) is 3.45. The van der Waals surface area contributed by atoms with E-state index in [4.69, 9.17) is 5.11 Å². The predicted molar refractivity (Wildman–Crippen MR) is 82.7 cm³/mol. The number of carbonyl (C=O) groups excluding carboxylic acids is 1. The Bertz CT molecular complexity index is 608. The van der Waals surface area contributed by atoms with E-state index < -0.39 is 12.0 Å². The van der Waals surface area contributed by atoms with Crippen LogP contribution in [0.3, 0.4) is 0 Å². The largest absolute Gasteiger partial charge is 0.481 e. The molecule has 2 rings (SSSR count). The maximum absolute atomic E-state index is 12.3. The molecule has 1 amide bonds. The molecule has 0 radical (unpaired) electrons. The molecule has 20 heavy (non-hydrogen) atoms. The van der Waals surface area contributed by atoms with E-state index >= 15 is 0 Å². The van der Waals surface area contributed by atoms with Crippen LogP contribution >= 0.6 is 22.7 Å². The molecule has 0 aliphatic heterocycles. The minimum atomic E-state index is -0.905. The van der Waals surface area contributed by atoms with Crippen molar-refractivity contribution >= 4 is 43.9 Å². The van der Waals surface area contributed by atoms with Gasteiger partial charge in [0.1, 0.15) is 0 Å². The van der Waals surface area contributed by atoms with Gasteiger partial charge in [0.15, 0.2) is 0 Å². The number of hydrogen-bond donors (Lipinski definition) is 2. The highest BCUT2D eigenvalue weighted by Crippen LogP contribution is 2.30. The van der Waals surface area contributed by atoms with Crippen molar-refractivity contribution < 1.29 is 14.7 Å². The molecule has 0 aliphatic rings. The van der Waals surface area contributed by atoms with Crippen LogP contribution in [0.5, 0.6) is 0 Å². The van der Waals surface area contributed by atoms with Gasteiger partial charge >= 0.3 is 5.97 Å². The van der Waals surface area contributed by atoms with E-state index in [0.717, 1.165) is 9.40 Å². The Morgan fingerprint density at radius 1 is 1.35 bits per heavy atom. The van der Waals surface area contributed by atoms with Crippen LogP contribution in [0.25, 0.3) is 9.40 Å². The zero-order valence-corrected chi connectivity index (χ0v) is 13.2. The van der Waals surface area contributed by atoms with Crippen LogP contribution in [0, 0.1) is 5.41 Å². The lowest BCUT2D eigenvalue weighted by molar-refractivity contribution is -0.138. The van der Waals surface area contributed by atoms with E-state index in [9.17, 15) is 9.59 Å². The summed E-state index contributed by atoms with van der Waals surface area (Å²) in [6.45, 7) is 5.77. The average Bonchev–Trinajstić information content (AvgIpc) is 2.85. The van der Waals surface area contributed by atoms with Gasteiger partial charge in [-0.05, 0) is 22.9 Å². The van der Waals surface area contributed by atoms with Crippen LogP contribution in [-0.2, 0) is 4.79 Å². The fraction of sp³-hybridized carbons (Fsp3) is 0.429. The van der Waals surface area contributed by atoms with Crippen LogP contribution in [0.1, 0.15) is 36.9 Å². The Labute approximate surface area is 125 Å². The second-order valence-corrected chi connectivity index (χ2v) is 7.78. The summed E-state index contributed by atoms with van der Waals surface area (Å²) < 4.78 is 2.18. The standard InChI is InChI=1S/C14H17NO3S2/c1-14(2,3)11(7-12(16)17)15-13(18)10-6-9-8(20-10)4-5-19-9/h4-6,11H,7H2,1-3H3,(H,15,18)(H,16,17). The third-order valence-electron chi connectivity index (χ3n) is 3.09. The zero-order chi connectivity index (χ0) is 14.9. The van der Waals surface area contributed by atoms with E-state index in [1.165, 1.54) is 11.3 Å². The molecular weight excluding hydrogens is 294 g/mol. The van der Waals surface area contributed by atoms with Crippen molar-refractivity contribution in [1.82, 2.24) is 5.32 Å². The van der Waals surface area contributed by atoms with Gasteiger partial charge in [-0.2, -0.15) is 0 Å². The van der Waals surface area contributed by atoms with Gasteiger partial charge in [0.05, 0.1) is 11.3 Å². The van der Waals surface area contributed by atoms with E-state index in [1.54, 1.807) is 11.3 Å². The number of hydrogen-bond acceptors (Lipinski definition) is 4. The topological polar surface area (TPSA) is 66.4 Å². The van der Waals surface area contributed by atoms with Crippen molar-refractivity contribution in [3.63, 3.8) is 0 Å². The SMILES string of the molecule is CC(C)(C)C(CC(=O)O)NC(=O)c1cc2sccc2s1. The van der Waals surface area contributed by atoms with Crippen LogP contribution in [0.4, 0.5) is 0 Å². The molecule has 2 N–H and O–H groups in total. The highest BCUT2D eigenvalue weighted by atomic mass is 32.1. The quantitative estimate of drug-likeness (QED) is 0.907. The third kappa shape index (κ3) is 3.37. The smallest absolute Gasteiger partial charge is 0.305 e. The number of thiophene rings is 2. The fourth-order valence-electron chi connectivity index (χ4n) is 1.86. The molecule has 0 saturated heterocycles. The molecule has 0 fully saturated rings. The molecule has 1 unspecified atom stereocenters. The van der Waals surface area contributed by atoms with Crippen molar-refractivity contribution in [3.8, 4) is 0 Å². The summed E-state index contributed by atoms with van der Waals surface area (Å²) in [5, 5.41) is 13.8. The lowest BCUT2D eigenvalue weighted by Gasteiger charge is -2.30. The first-order chi connectivity index (χ1) is 9.27. The van der Waals surface area contributed by atoms with Gasteiger partial charge in [0, 0.05) is 15.4 Å². The number of aliphatic carboxylic acids is 1. The molecule has 0 saturated carbocycles. The summed E-state index contributed by atoms with van der Waals surface area (Å²) in [7, 11) is 0. The van der Waals surface area contributed by atoms with Gasteiger partial charge in [0.25, 0.3) is 5.91 Å². The number of rotatable bonds is 4. The minimum Gasteiger partial charge on any atom is -0.481 e. The van der Waals surface area contributed by atoms with Gasteiger partial charge in [-0.15, -0.1) is 22.7 Å². The molecule has 0 aromatic carbocycles. The van der Waals surface area contributed by atoms with Crippen LogP contribution in [-0.4, -0.2) is 23.0 Å². The number of fused-ring (bicyclic) bond motifs is 1. The molecular formula is C14H17NO3S2. The van der Waals surface area contributed by atoms with E-state index in [0.29, 0.717) is 4.88 Å². The molecule has 4 nitrogen and oxygen atoms in total. The van der Waals surface area contributed by atoms with Gasteiger partial charge in [-0.3, -0.25) is 9.59 Å². The summed E-state index contributed by atoms with van der Waals surface area (Å²) in [6.07, 6.45) is -0.0744. The first-order valence-electron chi connectivity index (χ1n) is 6.27. The molecule has 0 spiro atoms. The maximum Gasteiger partial charge on any atom is 0.305 e. The van der Waals surface area contributed by atoms with E-state index in [2.05, 4.69) is 5.32 Å². The van der Waals surface area contributed by atoms with Crippen molar-refractivity contribution in [2.45, 2.75) is 33.2 Å². The predicted octanol–water partition coefficient (Wildman–Crippen LogP) is 3.58. The van der Waals surface area contributed by atoms with E-state index in [1.807, 2.05) is 38.3 Å². The Morgan fingerprint density at radius 3 is 2.60 bits per heavy atom. The lowest BCUT2D eigenvalue weighted by Crippen LogP contribution is -2.44. The summed E-state index contributed by atoms with van der Waals surface area (Å²) in [5.74, 6) is -1.10. The van der Waals surface area contributed by atoms with Gasteiger partial charge in [-0.25, -0.2) is 0 Å². The Morgan fingerprint density at radius 2 is 2.05 bits per heavy atom. The fourth-order valence-corrected chi connectivity index (χ4v) is 3.87. The number of carbonyl (C=O) groups is 2. The van der Waals surface area contributed by atoms with Crippen LogP contribution in [0.2, 0.25) is 0 Å².